The highest BCUT2D eigenvalue weighted by Crippen LogP contribution is 2.15. The summed E-state index contributed by atoms with van der Waals surface area (Å²) in [6, 6.07) is 8.56. The van der Waals surface area contributed by atoms with Crippen molar-refractivity contribution >= 4 is 11.6 Å². The molecule has 0 radical (unpaired) electrons. The van der Waals surface area contributed by atoms with Gasteiger partial charge in [0.1, 0.15) is 0 Å². The van der Waals surface area contributed by atoms with Crippen molar-refractivity contribution in [3.63, 3.8) is 0 Å². The maximum absolute atomic E-state index is 6.03. The molecule has 1 aromatic rings. The molecule has 0 bridgehead atoms. The van der Waals surface area contributed by atoms with Crippen molar-refractivity contribution in [1.29, 1.82) is 0 Å². The highest BCUT2D eigenvalue weighted by atomic mass is 35.5. The van der Waals surface area contributed by atoms with E-state index in [0.29, 0.717) is 6.04 Å². The van der Waals surface area contributed by atoms with Crippen molar-refractivity contribution in [2.45, 2.75) is 19.5 Å². The number of halogens is 1. The second-order valence-corrected chi connectivity index (χ2v) is 5.07. The van der Waals surface area contributed by atoms with E-state index >= 15 is 0 Å². The van der Waals surface area contributed by atoms with E-state index in [1.807, 2.05) is 18.2 Å². The molecule has 0 aliphatic carbocycles. The fourth-order valence-electron chi connectivity index (χ4n) is 2.27. The first-order valence-corrected chi connectivity index (χ1v) is 6.94. The lowest BCUT2D eigenvalue weighted by Crippen LogP contribution is -2.49. The van der Waals surface area contributed by atoms with E-state index in [0.717, 1.165) is 44.4 Å². The molecule has 18 heavy (non-hydrogen) atoms. The standard InChI is InChI=1S/C14H21ClN2O/c1-2-16-9-14-11-18-7-6-17(14)10-12-4-3-5-13(15)8-12/h3-5,8,14,16H,2,6-7,9-11H2,1H3. The van der Waals surface area contributed by atoms with E-state index < -0.39 is 0 Å². The summed E-state index contributed by atoms with van der Waals surface area (Å²) in [5, 5.41) is 4.21. The van der Waals surface area contributed by atoms with Crippen LogP contribution in [-0.2, 0) is 11.3 Å². The van der Waals surface area contributed by atoms with Gasteiger partial charge in [-0.1, -0.05) is 30.7 Å². The van der Waals surface area contributed by atoms with Crippen molar-refractivity contribution in [3.8, 4) is 0 Å². The van der Waals surface area contributed by atoms with Crippen molar-refractivity contribution in [2.75, 3.05) is 32.8 Å². The minimum Gasteiger partial charge on any atom is -0.378 e. The number of morpholine rings is 1. The van der Waals surface area contributed by atoms with Gasteiger partial charge in [0.25, 0.3) is 0 Å². The molecule has 0 saturated carbocycles. The summed E-state index contributed by atoms with van der Waals surface area (Å²) in [4.78, 5) is 2.47. The topological polar surface area (TPSA) is 24.5 Å². The van der Waals surface area contributed by atoms with Gasteiger partial charge in [-0.25, -0.2) is 0 Å². The minimum absolute atomic E-state index is 0.456. The number of nitrogens with one attached hydrogen (secondary N) is 1. The smallest absolute Gasteiger partial charge is 0.0635 e. The molecule has 1 aromatic carbocycles. The van der Waals surface area contributed by atoms with Gasteiger partial charge in [-0.2, -0.15) is 0 Å². The third-order valence-corrected chi connectivity index (χ3v) is 3.49. The number of nitrogens with zero attached hydrogens (tertiary/aromatic N) is 1. The number of hydrogen-bond acceptors (Lipinski definition) is 3. The van der Waals surface area contributed by atoms with Crippen LogP contribution in [0.25, 0.3) is 0 Å². The fraction of sp³-hybridized carbons (Fsp3) is 0.571. The van der Waals surface area contributed by atoms with Gasteiger partial charge in [-0.05, 0) is 24.2 Å². The van der Waals surface area contributed by atoms with Crippen molar-refractivity contribution in [3.05, 3.63) is 34.9 Å². The van der Waals surface area contributed by atoms with Crippen molar-refractivity contribution in [1.82, 2.24) is 10.2 Å². The maximum Gasteiger partial charge on any atom is 0.0635 e. The van der Waals surface area contributed by atoms with Crippen LogP contribution in [0.5, 0.6) is 0 Å². The fourth-order valence-corrected chi connectivity index (χ4v) is 2.48. The third kappa shape index (κ3) is 3.95. The summed E-state index contributed by atoms with van der Waals surface area (Å²) in [5.41, 5.74) is 1.27. The zero-order chi connectivity index (χ0) is 12.8. The van der Waals surface area contributed by atoms with Crippen LogP contribution < -0.4 is 5.32 Å². The lowest BCUT2D eigenvalue weighted by Gasteiger charge is -2.35. The van der Waals surface area contributed by atoms with Gasteiger partial charge < -0.3 is 10.1 Å². The zero-order valence-corrected chi connectivity index (χ0v) is 11.6. The van der Waals surface area contributed by atoms with Crippen LogP contribution in [0.2, 0.25) is 5.02 Å². The largest absolute Gasteiger partial charge is 0.378 e. The Kier molecular flexibility index (Phi) is 5.45. The summed E-state index contributed by atoms with van der Waals surface area (Å²) in [7, 11) is 0. The normalized spacial score (nSPS) is 21.1. The molecule has 0 spiro atoms. The molecule has 1 atom stereocenters. The molecule has 1 aliphatic heterocycles. The van der Waals surface area contributed by atoms with Gasteiger partial charge in [-0.3, -0.25) is 4.90 Å². The Labute approximate surface area is 114 Å². The highest BCUT2D eigenvalue weighted by molar-refractivity contribution is 6.30. The molecule has 1 saturated heterocycles. The van der Waals surface area contributed by atoms with Gasteiger partial charge in [0.15, 0.2) is 0 Å². The van der Waals surface area contributed by atoms with Crippen molar-refractivity contribution < 1.29 is 4.74 Å². The molecule has 1 N–H and O–H groups in total. The first-order valence-electron chi connectivity index (χ1n) is 6.56. The van der Waals surface area contributed by atoms with Crippen LogP contribution in [0.15, 0.2) is 24.3 Å². The van der Waals surface area contributed by atoms with Gasteiger partial charge in [0.2, 0.25) is 0 Å². The molecular formula is C14H21ClN2O. The quantitative estimate of drug-likeness (QED) is 0.886. The Morgan fingerprint density at radius 2 is 2.39 bits per heavy atom. The lowest BCUT2D eigenvalue weighted by molar-refractivity contribution is -0.0107. The molecule has 1 heterocycles. The van der Waals surface area contributed by atoms with Crippen LogP contribution in [0.4, 0.5) is 0 Å². The summed E-state index contributed by atoms with van der Waals surface area (Å²) < 4.78 is 5.56. The molecule has 2 rings (SSSR count). The predicted molar refractivity (Wildman–Crippen MR) is 75.0 cm³/mol. The van der Waals surface area contributed by atoms with E-state index in [9.17, 15) is 0 Å². The minimum atomic E-state index is 0.456. The third-order valence-electron chi connectivity index (χ3n) is 3.25. The van der Waals surface area contributed by atoms with Gasteiger partial charge in [-0.15, -0.1) is 0 Å². The average Bonchev–Trinajstić information content (AvgIpc) is 2.38. The molecule has 3 nitrogen and oxygen atoms in total. The van der Waals surface area contributed by atoms with E-state index in [-0.39, 0.29) is 0 Å². The molecule has 0 amide bonds. The zero-order valence-electron chi connectivity index (χ0n) is 10.9. The highest BCUT2D eigenvalue weighted by Gasteiger charge is 2.22. The van der Waals surface area contributed by atoms with Crippen LogP contribution in [0.3, 0.4) is 0 Å². The monoisotopic (exact) mass is 268 g/mol. The Bertz CT molecular complexity index is 373. The van der Waals surface area contributed by atoms with E-state index in [4.69, 9.17) is 16.3 Å². The second-order valence-electron chi connectivity index (χ2n) is 4.64. The van der Waals surface area contributed by atoms with E-state index in [1.165, 1.54) is 5.56 Å². The molecule has 4 heteroatoms. The molecule has 1 fully saturated rings. The van der Waals surface area contributed by atoms with Gasteiger partial charge >= 0.3 is 0 Å². The number of likely N-dealkylation sites (N-methyl/N-ethyl adjacent to an activating group) is 1. The predicted octanol–water partition coefficient (Wildman–Crippen LogP) is 2.15. The van der Waals surface area contributed by atoms with Crippen LogP contribution in [0.1, 0.15) is 12.5 Å². The molecular weight excluding hydrogens is 248 g/mol. The second kappa shape index (κ2) is 7.10. The summed E-state index contributed by atoms with van der Waals surface area (Å²) in [6.45, 7) is 7.68. The SMILES string of the molecule is CCNCC1COCCN1Cc1cccc(Cl)c1. The Balaban J connectivity index is 1.96. The first-order chi connectivity index (χ1) is 8.79. The van der Waals surface area contributed by atoms with Gasteiger partial charge in [0.05, 0.1) is 13.2 Å². The van der Waals surface area contributed by atoms with Gasteiger partial charge in [0, 0.05) is 30.7 Å². The van der Waals surface area contributed by atoms with Crippen molar-refractivity contribution in [2.24, 2.45) is 0 Å². The number of ether oxygens (including phenoxy) is 1. The number of hydrogen-bond donors (Lipinski definition) is 1. The number of benzene rings is 1. The molecule has 1 unspecified atom stereocenters. The summed E-state index contributed by atoms with van der Waals surface area (Å²) in [5.74, 6) is 0. The average molecular weight is 269 g/mol. The maximum atomic E-state index is 6.03. The molecule has 0 aromatic heterocycles. The van der Waals surface area contributed by atoms with Crippen LogP contribution in [0, 0.1) is 0 Å². The molecule has 100 valence electrons. The first kappa shape index (κ1) is 13.8. The Hall–Kier alpha value is -0.610. The summed E-state index contributed by atoms with van der Waals surface area (Å²) >= 11 is 6.03. The lowest BCUT2D eigenvalue weighted by atomic mass is 10.1. The summed E-state index contributed by atoms with van der Waals surface area (Å²) in [6.07, 6.45) is 0. The number of rotatable bonds is 5. The Morgan fingerprint density at radius 1 is 1.50 bits per heavy atom. The van der Waals surface area contributed by atoms with Crippen LogP contribution in [-0.4, -0.2) is 43.8 Å². The Morgan fingerprint density at radius 3 is 3.17 bits per heavy atom. The van der Waals surface area contributed by atoms with E-state index in [2.05, 4.69) is 23.2 Å². The molecule has 1 aliphatic rings. The van der Waals surface area contributed by atoms with E-state index in [1.54, 1.807) is 0 Å². The van der Waals surface area contributed by atoms with Crippen LogP contribution >= 0.6 is 11.6 Å².